The summed E-state index contributed by atoms with van der Waals surface area (Å²) >= 11 is 5.97. The zero-order valence-electron chi connectivity index (χ0n) is 14.9. The largest absolute Gasteiger partial charge is 0.454 e. The third-order valence-electron chi connectivity index (χ3n) is 3.88. The van der Waals surface area contributed by atoms with Crippen LogP contribution in [-0.4, -0.2) is 39.4 Å². The van der Waals surface area contributed by atoms with Crippen LogP contribution in [0.25, 0.3) is 0 Å². The number of carbonyl (C=O) groups is 2. The number of ether oxygens (including phenoxy) is 3. The second-order valence-electron chi connectivity index (χ2n) is 6.02. The first kappa shape index (κ1) is 20.0. The topological polar surface area (TPSA) is 108 Å². The Kier molecular flexibility index (Phi) is 5.48. The van der Waals surface area contributed by atoms with Gasteiger partial charge >= 0.3 is 5.97 Å². The van der Waals surface area contributed by atoms with Crippen molar-refractivity contribution in [3.63, 3.8) is 0 Å². The normalized spacial score (nSPS) is 13.7. The number of benzene rings is 2. The number of anilines is 1. The summed E-state index contributed by atoms with van der Waals surface area (Å²) in [5, 5.41) is 2.61. The number of fused-ring (bicyclic) bond motifs is 1. The molecule has 1 aliphatic rings. The van der Waals surface area contributed by atoms with E-state index in [4.69, 9.17) is 25.8 Å². The summed E-state index contributed by atoms with van der Waals surface area (Å²) in [5.41, 5.74) is 0.293. The van der Waals surface area contributed by atoms with E-state index < -0.39 is 27.8 Å². The molecular formula is C18H16ClNO7S. The maximum Gasteiger partial charge on any atom is 0.340 e. The summed E-state index contributed by atoms with van der Waals surface area (Å²) in [7, 11) is -3.53. The molecule has 0 fully saturated rings. The predicted octanol–water partition coefficient (Wildman–Crippen LogP) is 2.66. The van der Waals surface area contributed by atoms with E-state index in [1.54, 1.807) is 18.2 Å². The first-order valence-corrected chi connectivity index (χ1v) is 10.3. The number of esters is 1. The molecule has 8 nitrogen and oxygen atoms in total. The quantitative estimate of drug-likeness (QED) is 0.733. The molecule has 1 atom stereocenters. The van der Waals surface area contributed by atoms with Crippen LogP contribution in [-0.2, 0) is 19.4 Å². The van der Waals surface area contributed by atoms with E-state index >= 15 is 0 Å². The Morgan fingerprint density at radius 3 is 2.57 bits per heavy atom. The Morgan fingerprint density at radius 2 is 1.86 bits per heavy atom. The van der Waals surface area contributed by atoms with E-state index in [-0.39, 0.29) is 22.3 Å². The van der Waals surface area contributed by atoms with E-state index in [2.05, 4.69) is 5.32 Å². The molecule has 1 N–H and O–H groups in total. The Morgan fingerprint density at radius 1 is 1.14 bits per heavy atom. The van der Waals surface area contributed by atoms with Crippen LogP contribution in [0.15, 0.2) is 41.3 Å². The number of rotatable bonds is 5. The van der Waals surface area contributed by atoms with Gasteiger partial charge in [0.1, 0.15) is 0 Å². The highest BCUT2D eigenvalue weighted by Gasteiger charge is 2.23. The number of carbonyl (C=O) groups excluding carboxylic acids is 2. The van der Waals surface area contributed by atoms with E-state index in [9.17, 15) is 18.0 Å². The number of halogens is 1. The molecule has 0 aromatic heterocycles. The molecule has 1 amide bonds. The molecule has 1 heterocycles. The summed E-state index contributed by atoms with van der Waals surface area (Å²) in [6.07, 6.45) is -0.150. The van der Waals surface area contributed by atoms with Crippen molar-refractivity contribution in [2.24, 2.45) is 0 Å². The minimum atomic E-state index is -3.53. The molecule has 1 aliphatic heterocycles. The summed E-state index contributed by atoms with van der Waals surface area (Å²) in [6, 6.07) is 8.53. The van der Waals surface area contributed by atoms with E-state index in [1.165, 1.54) is 19.1 Å². The van der Waals surface area contributed by atoms with Gasteiger partial charge in [0.05, 0.1) is 15.5 Å². The van der Waals surface area contributed by atoms with Crippen molar-refractivity contribution in [3.05, 3.63) is 47.0 Å². The molecule has 148 valence electrons. The molecule has 0 spiro atoms. The first-order chi connectivity index (χ1) is 13.1. The molecular weight excluding hydrogens is 410 g/mol. The van der Waals surface area contributed by atoms with E-state index in [0.717, 1.165) is 12.3 Å². The lowest BCUT2D eigenvalue weighted by Gasteiger charge is -2.14. The smallest absolute Gasteiger partial charge is 0.340 e. The molecule has 0 aliphatic carbocycles. The van der Waals surface area contributed by atoms with Gasteiger partial charge in [0, 0.05) is 18.0 Å². The lowest BCUT2D eigenvalue weighted by molar-refractivity contribution is -0.123. The van der Waals surface area contributed by atoms with Crippen molar-refractivity contribution in [1.82, 2.24) is 0 Å². The van der Waals surface area contributed by atoms with Crippen LogP contribution in [0.3, 0.4) is 0 Å². The van der Waals surface area contributed by atoms with E-state index in [0.29, 0.717) is 17.2 Å². The van der Waals surface area contributed by atoms with Crippen LogP contribution in [0.4, 0.5) is 5.69 Å². The lowest BCUT2D eigenvalue weighted by atomic mass is 10.2. The van der Waals surface area contributed by atoms with Gasteiger partial charge in [0.15, 0.2) is 27.4 Å². The Balaban J connectivity index is 1.69. The highest BCUT2D eigenvalue weighted by atomic mass is 35.5. The molecule has 28 heavy (non-hydrogen) atoms. The van der Waals surface area contributed by atoms with Gasteiger partial charge in [-0.05, 0) is 37.3 Å². The fraction of sp³-hybridized carbons (Fsp3) is 0.222. The van der Waals surface area contributed by atoms with Gasteiger partial charge in [-0.15, -0.1) is 0 Å². The average Bonchev–Trinajstić information content (AvgIpc) is 3.08. The number of hydrogen-bond acceptors (Lipinski definition) is 7. The van der Waals surface area contributed by atoms with Crippen LogP contribution in [0.1, 0.15) is 17.3 Å². The minimum absolute atomic E-state index is 0.0146. The van der Waals surface area contributed by atoms with Crippen LogP contribution in [0.2, 0.25) is 5.02 Å². The van der Waals surface area contributed by atoms with Crippen molar-refractivity contribution in [1.29, 1.82) is 0 Å². The van der Waals surface area contributed by atoms with Crippen LogP contribution >= 0.6 is 11.6 Å². The second kappa shape index (κ2) is 7.69. The minimum Gasteiger partial charge on any atom is -0.454 e. The molecule has 2 aromatic rings. The highest BCUT2D eigenvalue weighted by Crippen LogP contribution is 2.34. The van der Waals surface area contributed by atoms with E-state index in [1.807, 2.05) is 0 Å². The predicted molar refractivity (Wildman–Crippen MR) is 101 cm³/mol. The number of sulfone groups is 1. The van der Waals surface area contributed by atoms with Gasteiger partial charge in [-0.2, -0.15) is 0 Å². The summed E-state index contributed by atoms with van der Waals surface area (Å²) in [5.74, 6) is -0.434. The van der Waals surface area contributed by atoms with Crippen molar-refractivity contribution >= 4 is 39.0 Å². The monoisotopic (exact) mass is 425 g/mol. The van der Waals surface area contributed by atoms with Gasteiger partial charge in [-0.3, -0.25) is 4.79 Å². The third-order valence-corrected chi connectivity index (χ3v) is 5.32. The number of amides is 1. The summed E-state index contributed by atoms with van der Waals surface area (Å²) < 4.78 is 38.9. The highest BCUT2D eigenvalue weighted by molar-refractivity contribution is 7.90. The molecule has 0 saturated carbocycles. The SMILES string of the molecule is C[C@H](OC(=O)c1cc(S(C)(=O)=O)ccc1Cl)C(=O)Nc1ccc2c(c1)OCO2. The molecule has 2 aromatic carbocycles. The van der Waals surface area contributed by atoms with Gasteiger partial charge in [0.2, 0.25) is 6.79 Å². The fourth-order valence-electron chi connectivity index (χ4n) is 2.39. The Hall–Kier alpha value is -2.78. The Labute approximate surface area is 166 Å². The zero-order valence-corrected chi connectivity index (χ0v) is 16.5. The van der Waals surface area contributed by atoms with Crippen molar-refractivity contribution in [2.75, 3.05) is 18.4 Å². The van der Waals surface area contributed by atoms with Gasteiger partial charge in [0.25, 0.3) is 5.91 Å². The molecule has 3 rings (SSSR count). The van der Waals surface area contributed by atoms with Crippen LogP contribution < -0.4 is 14.8 Å². The van der Waals surface area contributed by atoms with Gasteiger partial charge < -0.3 is 19.5 Å². The lowest BCUT2D eigenvalue weighted by Crippen LogP contribution is -2.30. The van der Waals surface area contributed by atoms with Crippen LogP contribution in [0.5, 0.6) is 11.5 Å². The van der Waals surface area contributed by atoms with Crippen molar-refractivity contribution in [3.8, 4) is 11.5 Å². The average molecular weight is 426 g/mol. The van der Waals surface area contributed by atoms with Crippen molar-refractivity contribution < 1.29 is 32.2 Å². The number of hydrogen-bond donors (Lipinski definition) is 1. The molecule has 0 bridgehead atoms. The van der Waals surface area contributed by atoms with Gasteiger partial charge in [-0.25, -0.2) is 13.2 Å². The molecule has 0 unspecified atom stereocenters. The summed E-state index contributed by atoms with van der Waals surface area (Å²) in [4.78, 5) is 24.6. The molecule has 0 radical (unpaired) electrons. The number of nitrogens with one attached hydrogen (secondary N) is 1. The second-order valence-corrected chi connectivity index (χ2v) is 8.44. The standard InChI is InChI=1S/C18H16ClNO7S/c1-10(17(21)20-11-3-6-15-16(7-11)26-9-25-15)27-18(22)13-8-12(28(2,23)24)4-5-14(13)19/h3-8,10H,9H2,1-2H3,(H,20,21)/t10-/m0/s1. The zero-order chi connectivity index (χ0) is 20.5. The summed E-state index contributed by atoms with van der Waals surface area (Å²) in [6.45, 7) is 1.49. The van der Waals surface area contributed by atoms with Crippen LogP contribution in [0, 0.1) is 0 Å². The third kappa shape index (κ3) is 4.37. The fourth-order valence-corrected chi connectivity index (χ4v) is 3.23. The van der Waals surface area contributed by atoms with Gasteiger partial charge in [-0.1, -0.05) is 11.6 Å². The molecule has 0 saturated heterocycles. The Bertz CT molecular complexity index is 1050. The molecule has 10 heteroatoms. The van der Waals surface area contributed by atoms with Crippen molar-refractivity contribution in [2.45, 2.75) is 17.9 Å². The maximum atomic E-state index is 12.3. The maximum absolute atomic E-state index is 12.3. The first-order valence-electron chi connectivity index (χ1n) is 8.06.